The number of ketones is 1. The number of alkyl halides is 1. The highest BCUT2D eigenvalue weighted by atomic mass is 35.5. The molecule has 0 bridgehead atoms. The Bertz CT molecular complexity index is 100. The van der Waals surface area contributed by atoms with Crippen LogP contribution in [-0.2, 0) is 4.79 Å². The molecule has 0 heterocycles. The van der Waals surface area contributed by atoms with E-state index in [1.54, 1.807) is 6.92 Å². The van der Waals surface area contributed by atoms with Crippen LogP contribution in [0.5, 0.6) is 0 Å². The van der Waals surface area contributed by atoms with Crippen LogP contribution in [0.4, 0.5) is 0 Å². The highest BCUT2D eigenvalue weighted by molar-refractivity contribution is 6.24. The second-order valence-corrected chi connectivity index (χ2v) is 2.53. The van der Waals surface area contributed by atoms with Crippen molar-refractivity contribution >= 4 is 17.4 Å². The molecule has 0 radical (unpaired) electrons. The molecule has 0 N–H and O–H groups in total. The van der Waals surface area contributed by atoms with Gasteiger partial charge in [-0.3, -0.25) is 4.79 Å². The maximum Gasteiger partial charge on any atom is 0.134 e. The van der Waals surface area contributed by atoms with Crippen molar-refractivity contribution in [3.63, 3.8) is 0 Å². The van der Waals surface area contributed by atoms with Crippen LogP contribution in [0.2, 0.25) is 0 Å². The van der Waals surface area contributed by atoms with E-state index in [4.69, 9.17) is 11.6 Å². The molecule has 0 saturated heterocycles. The molecule has 0 amide bonds. The van der Waals surface area contributed by atoms with Crippen LogP contribution in [0.25, 0.3) is 0 Å². The Morgan fingerprint density at radius 1 is 1.86 bits per heavy atom. The molecule has 0 aromatic carbocycles. The molecule has 1 fully saturated rings. The number of Topliss-reactive ketones (excluding diaryl/α,β-unsaturated/α-hetero) is 1. The van der Waals surface area contributed by atoms with Crippen molar-refractivity contribution in [2.24, 2.45) is 5.92 Å². The van der Waals surface area contributed by atoms with Gasteiger partial charge in [0.05, 0.1) is 0 Å². The lowest BCUT2D eigenvalue weighted by Gasteiger charge is -1.79. The number of carbonyl (C=O) groups excluding carboxylic acids is 1. The maximum atomic E-state index is 10.3. The van der Waals surface area contributed by atoms with Crippen molar-refractivity contribution in [2.45, 2.75) is 18.7 Å². The van der Waals surface area contributed by atoms with Gasteiger partial charge in [0.2, 0.25) is 0 Å². The summed E-state index contributed by atoms with van der Waals surface area (Å²) in [4.78, 5) is 10.3. The van der Waals surface area contributed by atoms with E-state index in [1.807, 2.05) is 0 Å². The zero-order valence-corrected chi connectivity index (χ0v) is 4.90. The molecular weight excluding hydrogens is 112 g/mol. The van der Waals surface area contributed by atoms with Gasteiger partial charge in [-0.25, -0.2) is 0 Å². The van der Waals surface area contributed by atoms with Crippen LogP contribution in [0.3, 0.4) is 0 Å². The van der Waals surface area contributed by atoms with Crippen molar-refractivity contribution in [2.75, 3.05) is 0 Å². The summed E-state index contributed by atoms with van der Waals surface area (Å²) >= 11 is 5.53. The first-order valence-electron chi connectivity index (χ1n) is 2.36. The summed E-state index contributed by atoms with van der Waals surface area (Å²) in [5.74, 6) is 0.432. The number of halogens is 1. The van der Waals surface area contributed by atoms with Crippen LogP contribution in [0.1, 0.15) is 13.3 Å². The molecule has 2 heteroatoms. The Morgan fingerprint density at radius 2 is 2.29 bits per heavy atom. The fraction of sp³-hybridized carbons (Fsp3) is 0.800. The van der Waals surface area contributed by atoms with Gasteiger partial charge in [-0.2, -0.15) is 0 Å². The highest BCUT2D eigenvalue weighted by Gasteiger charge is 2.38. The minimum atomic E-state index is 0.164. The van der Waals surface area contributed by atoms with E-state index < -0.39 is 0 Å². The standard InChI is InChI=1S/C5H7ClO/c1-3(7)4-2-5(4)6/h4-5H,2H2,1H3. The molecule has 1 aliphatic rings. The first-order chi connectivity index (χ1) is 3.22. The monoisotopic (exact) mass is 118 g/mol. The Balaban J connectivity index is 2.33. The van der Waals surface area contributed by atoms with Crippen molar-refractivity contribution < 1.29 is 4.79 Å². The van der Waals surface area contributed by atoms with E-state index in [1.165, 1.54) is 0 Å². The van der Waals surface area contributed by atoms with Crippen LogP contribution >= 0.6 is 11.6 Å². The van der Waals surface area contributed by atoms with Gasteiger partial charge in [0.25, 0.3) is 0 Å². The normalized spacial score (nSPS) is 38.0. The van der Waals surface area contributed by atoms with Crippen molar-refractivity contribution in [1.29, 1.82) is 0 Å². The summed E-state index contributed by atoms with van der Waals surface area (Å²) in [6.45, 7) is 1.59. The Morgan fingerprint density at radius 3 is 2.29 bits per heavy atom. The molecule has 1 nitrogen and oxygen atoms in total. The molecule has 0 aromatic rings. The molecule has 0 aliphatic heterocycles. The molecule has 7 heavy (non-hydrogen) atoms. The van der Waals surface area contributed by atoms with Gasteiger partial charge in [0.1, 0.15) is 5.78 Å². The van der Waals surface area contributed by atoms with E-state index >= 15 is 0 Å². The lowest BCUT2D eigenvalue weighted by Crippen LogP contribution is -1.93. The zero-order chi connectivity index (χ0) is 5.44. The smallest absolute Gasteiger partial charge is 0.134 e. The molecule has 1 rings (SSSR count). The van der Waals surface area contributed by atoms with Crippen molar-refractivity contribution in [3.05, 3.63) is 0 Å². The van der Waals surface area contributed by atoms with Crippen molar-refractivity contribution in [3.8, 4) is 0 Å². The average Bonchev–Trinajstić information content (AvgIpc) is 2.17. The molecule has 0 aromatic heterocycles. The fourth-order valence-electron chi connectivity index (χ4n) is 0.585. The Hall–Kier alpha value is -0.0400. The number of hydrogen-bond acceptors (Lipinski definition) is 1. The molecular formula is C5H7ClO. The summed E-state index contributed by atoms with van der Waals surface area (Å²) in [5.41, 5.74) is 0. The lowest BCUT2D eigenvalue weighted by molar-refractivity contribution is -0.118. The number of hydrogen-bond donors (Lipinski definition) is 0. The third-order valence-corrected chi connectivity index (χ3v) is 1.72. The number of carbonyl (C=O) groups is 1. The van der Waals surface area contributed by atoms with Gasteiger partial charge < -0.3 is 0 Å². The molecule has 2 atom stereocenters. The van der Waals surface area contributed by atoms with Crippen LogP contribution in [0.15, 0.2) is 0 Å². The summed E-state index contributed by atoms with van der Waals surface area (Å²) in [5, 5.41) is 0.164. The molecule has 0 spiro atoms. The van der Waals surface area contributed by atoms with Gasteiger partial charge in [-0.15, -0.1) is 11.6 Å². The minimum Gasteiger partial charge on any atom is -0.300 e. The molecule has 1 aliphatic carbocycles. The van der Waals surface area contributed by atoms with Gasteiger partial charge in [-0.1, -0.05) is 0 Å². The third kappa shape index (κ3) is 0.942. The topological polar surface area (TPSA) is 17.1 Å². The molecule has 40 valence electrons. The van der Waals surface area contributed by atoms with E-state index in [-0.39, 0.29) is 17.1 Å². The summed E-state index contributed by atoms with van der Waals surface area (Å²) in [6, 6.07) is 0. The fourth-order valence-corrected chi connectivity index (χ4v) is 0.954. The minimum absolute atomic E-state index is 0.164. The van der Waals surface area contributed by atoms with Crippen LogP contribution in [-0.4, -0.2) is 11.2 Å². The van der Waals surface area contributed by atoms with Gasteiger partial charge in [-0.05, 0) is 13.3 Å². The maximum absolute atomic E-state index is 10.3. The quantitative estimate of drug-likeness (QED) is 0.473. The van der Waals surface area contributed by atoms with E-state index in [0.29, 0.717) is 0 Å². The first-order valence-corrected chi connectivity index (χ1v) is 2.80. The Labute approximate surface area is 47.7 Å². The van der Waals surface area contributed by atoms with Crippen LogP contribution in [0, 0.1) is 5.92 Å². The van der Waals surface area contributed by atoms with E-state index in [2.05, 4.69) is 0 Å². The summed E-state index contributed by atoms with van der Waals surface area (Å²) < 4.78 is 0. The highest BCUT2D eigenvalue weighted by Crippen LogP contribution is 2.36. The summed E-state index contributed by atoms with van der Waals surface area (Å²) in [6.07, 6.45) is 0.900. The van der Waals surface area contributed by atoms with Gasteiger partial charge in [0.15, 0.2) is 0 Å². The molecule has 2 unspecified atom stereocenters. The first kappa shape index (κ1) is 5.10. The largest absolute Gasteiger partial charge is 0.300 e. The predicted octanol–water partition coefficient (Wildman–Crippen LogP) is 1.20. The van der Waals surface area contributed by atoms with Crippen molar-refractivity contribution in [1.82, 2.24) is 0 Å². The predicted molar refractivity (Wildman–Crippen MR) is 28.4 cm³/mol. The van der Waals surface area contributed by atoms with E-state index in [9.17, 15) is 4.79 Å². The zero-order valence-electron chi connectivity index (χ0n) is 4.15. The SMILES string of the molecule is CC(=O)C1CC1Cl. The van der Waals surface area contributed by atoms with Crippen LogP contribution < -0.4 is 0 Å². The second-order valence-electron chi connectivity index (χ2n) is 1.97. The van der Waals surface area contributed by atoms with Gasteiger partial charge in [0, 0.05) is 11.3 Å². The van der Waals surface area contributed by atoms with E-state index in [0.717, 1.165) is 6.42 Å². The Kier molecular flexibility index (Phi) is 1.08. The lowest BCUT2D eigenvalue weighted by atomic mass is 10.3. The van der Waals surface area contributed by atoms with Gasteiger partial charge >= 0.3 is 0 Å². The second kappa shape index (κ2) is 1.48. The average molecular weight is 119 g/mol. The third-order valence-electron chi connectivity index (χ3n) is 1.23. The summed E-state index contributed by atoms with van der Waals surface area (Å²) in [7, 11) is 0. The molecule has 1 saturated carbocycles. The number of rotatable bonds is 1.